The van der Waals surface area contributed by atoms with Crippen molar-refractivity contribution in [3.63, 3.8) is 0 Å². The number of aryl methyl sites for hydroxylation is 1. The minimum Gasteiger partial charge on any atom is -0.492 e. The van der Waals surface area contributed by atoms with Crippen LogP contribution in [0.2, 0.25) is 0 Å². The molecule has 6 heteroatoms. The second-order valence-electron chi connectivity index (χ2n) is 7.29. The van der Waals surface area contributed by atoms with E-state index < -0.39 is 18.0 Å². The lowest BCUT2D eigenvalue weighted by Gasteiger charge is -2.19. The third kappa shape index (κ3) is 4.34. The van der Waals surface area contributed by atoms with Gasteiger partial charge in [0, 0.05) is 22.2 Å². The average Bonchev–Trinajstić information content (AvgIpc) is 3.15. The maximum atomic E-state index is 13.3. The van der Waals surface area contributed by atoms with Gasteiger partial charge in [0.05, 0.1) is 17.9 Å². The first-order valence-electron chi connectivity index (χ1n) is 10.4. The first-order valence-corrected chi connectivity index (χ1v) is 10.4. The Morgan fingerprint density at radius 2 is 1.62 bits per heavy atom. The summed E-state index contributed by atoms with van der Waals surface area (Å²) >= 11 is 0. The van der Waals surface area contributed by atoms with Crippen LogP contribution >= 0.6 is 0 Å². The van der Waals surface area contributed by atoms with E-state index in [-0.39, 0.29) is 0 Å². The van der Waals surface area contributed by atoms with Crippen molar-refractivity contribution >= 4 is 28.5 Å². The summed E-state index contributed by atoms with van der Waals surface area (Å²) in [5.74, 6) is -0.481. The van der Waals surface area contributed by atoms with Crippen molar-refractivity contribution in [2.75, 3.05) is 11.9 Å². The Morgan fingerprint density at radius 3 is 2.41 bits per heavy atom. The fraction of sp³-hybridized carbons (Fsp3) is 0.154. The Labute approximate surface area is 186 Å². The summed E-state index contributed by atoms with van der Waals surface area (Å²) < 4.78 is 11.4. The van der Waals surface area contributed by atoms with Crippen LogP contribution in [0.3, 0.4) is 0 Å². The monoisotopic (exact) mass is 428 g/mol. The van der Waals surface area contributed by atoms with Gasteiger partial charge in [0.2, 0.25) is 6.10 Å². The minimum absolute atomic E-state index is 0.420. The van der Waals surface area contributed by atoms with Crippen LogP contribution in [0.1, 0.15) is 34.6 Å². The van der Waals surface area contributed by atoms with E-state index in [4.69, 9.17) is 9.47 Å². The molecule has 0 spiro atoms. The topological polar surface area (TPSA) is 80.4 Å². The summed E-state index contributed by atoms with van der Waals surface area (Å²) in [4.78, 5) is 29.7. The first-order chi connectivity index (χ1) is 15.6. The number of hydrogen-bond acceptors (Lipinski definition) is 4. The summed E-state index contributed by atoms with van der Waals surface area (Å²) in [7, 11) is 0. The van der Waals surface area contributed by atoms with Crippen molar-refractivity contribution in [3.8, 4) is 5.75 Å². The molecular formula is C26H24N2O4. The number of aromatic amines is 1. The van der Waals surface area contributed by atoms with Crippen LogP contribution in [0.25, 0.3) is 10.9 Å². The first kappa shape index (κ1) is 21.2. The van der Waals surface area contributed by atoms with Crippen LogP contribution in [-0.2, 0) is 9.53 Å². The van der Waals surface area contributed by atoms with E-state index in [0.29, 0.717) is 34.9 Å². The van der Waals surface area contributed by atoms with Crippen LogP contribution in [0.15, 0.2) is 78.9 Å². The number of esters is 1. The zero-order chi connectivity index (χ0) is 22.5. The summed E-state index contributed by atoms with van der Waals surface area (Å²) in [6, 6.07) is 23.6. The largest absolute Gasteiger partial charge is 0.492 e. The Bertz CT molecular complexity index is 1250. The highest BCUT2D eigenvalue weighted by Gasteiger charge is 2.28. The van der Waals surface area contributed by atoms with Crippen molar-refractivity contribution in [1.29, 1.82) is 0 Å². The SMILES string of the molecule is CCOc1ccccc1NC(=O)C(OC(=O)c1c(C)[nH]c2ccccc12)c1ccccc1. The summed E-state index contributed by atoms with van der Waals surface area (Å²) in [5.41, 5.74) is 3.03. The molecule has 0 aliphatic heterocycles. The molecule has 0 aliphatic carbocycles. The highest BCUT2D eigenvalue weighted by Crippen LogP contribution is 2.29. The van der Waals surface area contributed by atoms with Gasteiger partial charge in [-0.25, -0.2) is 4.79 Å². The van der Waals surface area contributed by atoms with Crippen LogP contribution in [-0.4, -0.2) is 23.5 Å². The number of para-hydroxylation sites is 3. The van der Waals surface area contributed by atoms with Gasteiger partial charge >= 0.3 is 5.97 Å². The lowest BCUT2D eigenvalue weighted by Crippen LogP contribution is -2.26. The molecule has 0 saturated carbocycles. The standard InChI is InChI=1S/C26H24N2O4/c1-3-31-22-16-10-9-15-21(22)28-25(29)24(18-11-5-4-6-12-18)32-26(30)23-17(2)27-20-14-8-7-13-19(20)23/h4-16,24,27H,3H2,1-2H3,(H,28,29). The number of fused-ring (bicyclic) bond motifs is 1. The third-order valence-electron chi connectivity index (χ3n) is 5.11. The van der Waals surface area contributed by atoms with Gasteiger partial charge in [0.15, 0.2) is 0 Å². The number of carbonyl (C=O) groups excluding carboxylic acids is 2. The van der Waals surface area contributed by atoms with E-state index in [0.717, 1.165) is 10.9 Å². The van der Waals surface area contributed by atoms with Gasteiger partial charge in [0.25, 0.3) is 5.91 Å². The molecule has 0 fully saturated rings. The van der Waals surface area contributed by atoms with Gasteiger partial charge in [-0.2, -0.15) is 0 Å². The predicted octanol–water partition coefficient (Wildman–Crippen LogP) is 5.41. The zero-order valence-electron chi connectivity index (χ0n) is 17.9. The number of ether oxygens (including phenoxy) is 2. The Kier molecular flexibility index (Phi) is 6.22. The van der Waals surface area contributed by atoms with Crippen molar-refractivity contribution < 1.29 is 19.1 Å². The molecule has 1 heterocycles. The molecular weight excluding hydrogens is 404 g/mol. The average molecular weight is 428 g/mol. The highest BCUT2D eigenvalue weighted by atomic mass is 16.5. The minimum atomic E-state index is -1.13. The number of H-pyrrole nitrogens is 1. The molecule has 3 aromatic carbocycles. The number of aromatic nitrogens is 1. The number of benzene rings is 3. The van der Waals surface area contributed by atoms with Gasteiger partial charge in [-0.1, -0.05) is 60.7 Å². The maximum Gasteiger partial charge on any atom is 0.341 e. The number of hydrogen-bond donors (Lipinski definition) is 2. The Hall–Kier alpha value is -4.06. The molecule has 1 amide bonds. The summed E-state index contributed by atoms with van der Waals surface area (Å²) in [6.45, 7) is 4.15. The molecule has 0 bridgehead atoms. The van der Waals surface area contributed by atoms with Crippen LogP contribution in [0, 0.1) is 6.92 Å². The quantitative estimate of drug-likeness (QED) is 0.386. The van der Waals surface area contributed by atoms with E-state index in [1.54, 1.807) is 42.5 Å². The smallest absolute Gasteiger partial charge is 0.341 e. The molecule has 1 aromatic heterocycles. The molecule has 0 aliphatic rings. The second kappa shape index (κ2) is 9.39. The van der Waals surface area contributed by atoms with Gasteiger partial charge in [0.1, 0.15) is 5.75 Å². The van der Waals surface area contributed by atoms with E-state index in [1.165, 1.54) is 0 Å². The summed E-state index contributed by atoms with van der Waals surface area (Å²) in [5, 5.41) is 3.60. The van der Waals surface area contributed by atoms with Gasteiger partial charge < -0.3 is 19.8 Å². The molecule has 0 radical (unpaired) electrons. The predicted molar refractivity (Wildman–Crippen MR) is 124 cm³/mol. The molecule has 162 valence electrons. The molecule has 1 atom stereocenters. The highest BCUT2D eigenvalue weighted by molar-refractivity contribution is 6.07. The molecule has 4 rings (SSSR count). The second-order valence-corrected chi connectivity index (χ2v) is 7.29. The third-order valence-corrected chi connectivity index (χ3v) is 5.11. The molecule has 0 saturated heterocycles. The van der Waals surface area contributed by atoms with E-state index in [2.05, 4.69) is 10.3 Å². The number of anilines is 1. The van der Waals surface area contributed by atoms with Crippen molar-refractivity contribution in [2.45, 2.75) is 20.0 Å². The van der Waals surface area contributed by atoms with Crippen LogP contribution in [0.4, 0.5) is 5.69 Å². The lowest BCUT2D eigenvalue weighted by molar-refractivity contribution is -0.125. The number of nitrogens with one attached hydrogen (secondary N) is 2. The fourth-order valence-electron chi connectivity index (χ4n) is 3.66. The Morgan fingerprint density at radius 1 is 0.938 bits per heavy atom. The lowest BCUT2D eigenvalue weighted by atomic mass is 10.1. The summed E-state index contributed by atoms with van der Waals surface area (Å²) in [6.07, 6.45) is -1.13. The van der Waals surface area contributed by atoms with E-state index >= 15 is 0 Å². The van der Waals surface area contributed by atoms with E-state index in [9.17, 15) is 9.59 Å². The molecule has 1 unspecified atom stereocenters. The van der Waals surface area contributed by atoms with E-state index in [1.807, 2.05) is 50.2 Å². The van der Waals surface area contributed by atoms with Crippen LogP contribution in [0.5, 0.6) is 5.75 Å². The van der Waals surface area contributed by atoms with Gasteiger partial charge in [-0.15, -0.1) is 0 Å². The number of amides is 1. The van der Waals surface area contributed by atoms with Crippen LogP contribution < -0.4 is 10.1 Å². The fourth-order valence-corrected chi connectivity index (χ4v) is 3.66. The molecule has 6 nitrogen and oxygen atoms in total. The maximum absolute atomic E-state index is 13.3. The Balaban J connectivity index is 1.65. The van der Waals surface area contributed by atoms with Crippen molar-refractivity contribution in [1.82, 2.24) is 4.98 Å². The molecule has 2 N–H and O–H groups in total. The molecule has 32 heavy (non-hydrogen) atoms. The molecule has 4 aromatic rings. The number of rotatable bonds is 7. The van der Waals surface area contributed by atoms with Gasteiger partial charge in [-0.05, 0) is 32.0 Å². The van der Waals surface area contributed by atoms with Crippen molar-refractivity contribution in [2.24, 2.45) is 0 Å². The van der Waals surface area contributed by atoms with Crippen molar-refractivity contribution in [3.05, 3.63) is 95.7 Å². The zero-order valence-corrected chi connectivity index (χ0v) is 17.9. The van der Waals surface area contributed by atoms with Gasteiger partial charge in [-0.3, -0.25) is 4.79 Å². The number of carbonyl (C=O) groups is 2. The normalized spacial score (nSPS) is 11.7.